The SMILES string of the molecule is CCCCNc1nccn1CC1CCN(CC)C1. The van der Waals surface area contributed by atoms with Crippen molar-refractivity contribution in [1.82, 2.24) is 14.5 Å². The second-order valence-electron chi connectivity index (χ2n) is 5.23. The van der Waals surface area contributed by atoms with E-state index in [4.69, 9.17) is 0 Å². The normalized spacial score (nSPS) is 20.4. The van der Waals surface area contributed by atoms with E-state index in [-0.39, 0.29) is 0 Å². The van der Waals surface area contributed by atoms with Crippen LogP contribution in [0.1, 0.15) is 33.1 Å². The Hall–Kier alpha value is -1.03. The van der Waals surface area contributed by atoms with Crippen molar-refractivity contribution in [3.05, 3.63) is 12.4 Å². The molecule has 0 bridgehead atoms. The Labute approximate surface area is 110 Å². The third kappa shape index (κ3) is 3.48. The summed E-state index contributed by atoms with van der Waals surface area (Å²) in [5.41, 5.74) is 0. The Morgan fingerprint density at radius 3 is 3.06 bits per heavy atom. The lowest BCUT2D eigenvalue weighted by Crippen LogP contribution is -2.21. The molecule has 0 radical (unpaired) electrons. The molecule has 0 aliphatic carbocycles. The molecule has 4 heteroatoms. The number of likely N-dealkylation sites (tertiary alicyclic amines) is 1. The molecular formula is C14H26N4. The van der Waals surface area contributed by atoms with Crippen molar-refractivity contribution in [3.8, 4) is 0 Å². The van der Waals surface area contributed by atoms with Gasteiger partial charge in [-0.3, -0.25) is 0 Å². The molecule has 1 aliphatic heterocycles. The van der Waals surface area contributed by atoms with E-state index in [1.807, 2.05) is 6.20 Å². The van der Waals surface area contributed by atoms with Gasteiger partial charge >= 0.3 is 0 Å². The molecule has 0 saturated carbocycles. The zero-order chi connectivity index (χ0) is 12.8. The summed E-state index contributed by atoms with van der Waals surface area (Å²) in [5.74, 6) is 1.82. The van der Waals surface area contributed by atoms with E-state index < -0.39 is 0 Å². The van der Waals surface area contributed by atoms with Crippen molar-refractivity contribution in [2.45, 2.75) is 39.7 Å². The lowest BCUT2D eigenvalue weighted by atomic mass is 10.1. The highest BCUT2D eigenvalue weighted by molar-refractivity contribution is 5.25. The molecule has 1 saturated heterocycles. The maximum atomic E-state index is 4.41. The van der Waals surface area contributed by atoms with Gasteiger partial charge in [0, 0.05) is 32.0 Å². The van der Waals surface area contributed by atoms with Crippen LogP contribution in [0.25, 0.3) is 0 Å². The van der Waals surface area contributed by atoms with Gasteiger partial charge in [0.1, 0.15) is 0 Å². The lowest BCUT2D eigenvalue weighted by molar-refractivity contribution is 0.333. The van der Waals surface area contributed by atoms with Crippen molar-refractivity contribution < 1.29 is 0 Å². The molecule has 1 aromatic rings. The third-order valence-electron chi connectivity index (χ3n) is 3.80. The molecule has 4 nitrogen and oxygen atoms in total. The smallest absolute Gasteiger partial charge is 0.202 e. The summed E-state index contributed by atoms with van der Waals surface area (Å²) < 4.78 is 2.28. The molecule has 18 heavy (non-hydrogen) atoms. The molecule has 1 aliphatic rings. The van der Waals surface area contributed by atoms with Gasteiger partial charge in [-0.05, 0) is 31.8 Å². The predicted octanol–water partition coefficient (Wildman–Crippen LogP) is 2.44. The van der Waals surface area contributed by atoms with E-state index >= 15 is 0 Å². The maximum absolute atomic E-state index is 4.41. The zero-order valence-electron chi connectivity index (χ0n) is 11.7. The first-order valence-electron chi connectivity index (χ1n) is 7.30. The van der Waals surface area contributed by atoms with Crippen molar-refractivity contribution in [3.63, 3.8) is 0 Å². The van der Waals surface area contributed by atoms with Gasteiger partial charge in [-0.1, -0.05) is 20.3 Å². The minimum atomic E-state index is 0.783. The van der Waals surface area contributed by atoms with Gasteiger partial charge in [-0.2, -0.15) is 0 Å². The molecule has 1 fully saturated rings. The van der Waals surface area contributed by atoms with Crippen LogP contribution < -0.4 is 5.32 Å². The van der Waals surface area contributed by atoms with Crippen molar-refractivity contribution >= 4 is 5.95 Å². The summed E-state index contributed by atoms with van der Waals surface area (Å²) in [4.78, 5) is 6.94. The molecule has 1 unspecified atom stereocenters. The van der Waals surface area contributed by atoms with Gasteiger partial charge in [0.2, 0.25) is 5.95 Å². The average Bonchev–Trinajstić information content (AvgIpc) is 3.00. The van der Waals surface area contributed by atoms with E-state index in [1.54, 1.807) is 0 Å². The molecule has 2 rings (SSSR count). The molecule has 0 aromatic carbocycles. The molecule has 1 N–H and O–H groups in total. The quantitative estimate of drug-likeness (QED) is 0.755. The Bertz CT molecular complexity index is 347. The number of unbranched alkanes of at least 4 members (excludes halogenated alkanes) is 1. The first-order chi connectivity index (χ1) is 8.83. The van der Waals surface area contributed by atoms with Gasteiger partial charge in [0.15, 0.2) is 0 Å². The van der Waals surface area contributed by atoms with Crippen LogP contribution >= 0.6 is 0 Å². The fraction of sp³-hybridized carbons (Fsp3) is 0.786. The van der Waals surface area contributed by atoms with E-state index in [0.717, 1.165) is 25.0 Å². The molecule has 0 amide bonds. The number of hydrogen-bond acceptors (Lipinski definition) is 3. The Morgan fingerprint density at radius 1 is 1.44 bits per heavy atom. The van der Waals surface area contributed by atoms with Gasteiger partial charge in [-0.15, -0.1) is 0 Å². The Kier molecular flexibility index (Phi) is 5.05. The number of rotatable bonds is 7. The average molecular weight is 250 g/mol. The van der Waals surface area contributed by atoms with Gasteiger partial charge in [0.05, 0.1) is 0 Å². The van der Waals surface area contributed by atoms with Gasteiger partial charge in [-0.25, -0.2) is 4.98 Å². The van der Waals surface area contributed by atoms with Crippen molar-refractivity contribution in [2.24, 2.45) is 5.92 Å². The fourth-order valence-corrected chi connectivity index (χ4v) is 2.63. The Morgan fingerprint density at radius 2 is 2.33 bits per heavy atom. The molecular weight excluding hydrogens is 224 g/mol. The highest BCUT2D eigenvalue weighted by Gasteiger charge is 2.21. The maximum Gasteiger partial charge on any atom is 0.202 e. The minimum absolute atomic E-state index is 0.783. The first kappa shape index (κ1) is 13.4. The van der Waals surface area contributed by atoms with Crippen LogP contribution in [-0.2, 0) is 6.54 Å². The highest BCUT2D eigenvalue weighted by atomic mass is 15.2. The molecule has 0 spiro atoms. The van der Waals surface area contributed by atoms with Crippen LogP contribution in [0.5, 0.6) is 0 Å². The number of hydrogen-bond donors (Lipinski definition) is 1. The van der Waals surface area contributed by atoms with Crippen molar-refractivity contribution in [1.29, 1.82) is 0 Å². The van der Waals surface area contributed by atoms with Crippen LogP contribution in [0.2, 0.25) is 0 Å². The van der Waals surface area contributed by atoms with E-state index in [2.05, 4.69) is 39.8 Å². The Balaban J connectivity index is 1.84. The second-order valence-corrected chi connectivity index (χ2v) is 5.23. The van der Waals surface area contributed by atoms with Gasteiger partial charge < -0.3 is 14.8 Å². The number of imidazole rings is 1. The van der Waals surface area contributed by atoms with Crippen LogP contribution in [0.15, 0.2) is 12.4 Å². The first-order valence-corrected chi connectivity index (χ1v) is 7.30. The number of nitrogens with one attached hydrogen (secondary N) is 1. The lowest BCUT2D eigenvalue weighted by Gasteiger charge is -2.15. The molecule has 102 valence electrons. The van der Waals surface area contributed by atoms with Crippen LogP contribution in [0, 0.1) is 5.92 Å². The van der Waals surface area contributed by atoms with Crippen LogP contribution in [0.3, 0.4) is 0 Å². The van der Waals surface area contributed by atoms with Crippen molar-refractivity contribution in [2.75, 3.05) is 31.5 Å². The topological polar surface area (TPSA) is 33.1 Å². The summed E-state index contributed by atoms with van der Waals surface area (Å²) in [7, 11) is 0. The van der Waals surface area contributed by atoms with E-state index in [9.17, 15) is 0 Å². The largest absolute Gasteiger partial charge is 0.356 e. The van der Waals surface area contributed by atoms with Crippen LogP contribution in [0.4, 0.5) is 5.95 Å². The summed E-state index contributed by atoms with van der Waals surface area (Å²) in [6, 6.07) is 0. The van der Waals surface area contributed by atoms with E-state index in [0.29, 0.717) is 0 Å². The molecule has 2 heterocycles. The number of anilines is 1. The molecule has 1 atom stereocenters. The zero-order valence-corrected chi connectivity index (χ0v) is 11.7. The second kappa shape index (κ2) is 6.78. The number of nitrogens with zero attached hydrogens (tertiary/aromatic N) is 3. The highest BCUT2D eigenvalue weighted by Crippen LogP contribution is 2.19. The van der Waals surface area contributed by atoms with Crippen LogP contribution in [-0.4, -0.2) is 40.6 Å². The fourth-order valence-electron chi connectivity index (χ4n) is 2.63. The van der Waals surface area contributed by atoms with E-state index in [1.165, 1.54) is 38.9 Å². The summed E-state index contributed by atoms with van der Waals surface area (Å²) >= 11 is 0. The minimum Gasteiger partial charge on any atom is -0.356 e. The van der Waals surface area contributed by atoms with Gasteiger partial charge in [0.25, 0.3) is 0 Å². The standard InChI is InChI=1S/C14H26N4/c1-3-5-7-15-14-16-8-10-18(14)12-13-6-9-17(4-2)11-13/h8,10,13H,3-7,9,11-12H2,1-2H3,(H,15,16). The monoisotopic (exact) mass is 250 g/mol. The third-order valence-corrected chi connectivity index (χ3v) is 3.80. The predicted molar refractivity (Wildman–Crippen MR) is 75.8 cm³/mol. The molecule has 1 aromatic heterocycles. The number of aromatic nitrogens is 2. The summed E-state index contributed by atoms with van der Waals surface area (Å²) in [5, 5.41) is 3.43. The summed E-state index contributed by atoms with van der Waals surface area (Å²) in [6.45, 7) is 10.3. The summed E-state index contributed by atoms with van der Waals surface area (Å²) in [6.07, 6.45) is 7.76.